The fourth-order valence-corrected chi connectivity index (χ4v) is 3.16. The SMILES string of the molecule is O=[N+]([O-])c1ccc(S(=O)(=O)N/N=C/c2ccc(OCc3ccc(F)cc3)cc2)cc1. The number of nitrogens with one attached hydrogen (secondary N) is 1. The summed E-state index contributed by atoms with van der Waals surface area (Å²) in [4.78, 5) is 11.9. The number of nitro groups is 1. The van der Waals surface area contributed by atoms with Crippen molar-refractivity contribution in [2.45, 2.75) is 11.5 Å². The van der Waals surface area contributed by atoms with Crippen LogP contribution in [0.1, 0.15) is 11.1 Å². The van der Waals surface area contributed by atoms with Crippen molar-refractivity contribution in [2.75, 3.05) is 0 Å². The summed E-state index contributed by atoms with van der Waals surface area (Å²) in [6.45, 7) is 0.281. The van der Waals surface area contributed by atoms with Gasteiger partial charge in [0.25, 0.3) is 15.7 Å². The molecule has 0 aliphatic carbocycles. The Morgan fingerprint density at radius 3 is 2.23 bits per heavy atom. The highest BCUT2D eigenvalue weighted by atomic mass is 32.2. The first-order chi connectivity index (χ1) is 14.3. The smallest absolute Gasteiger partial charge is 0.276 e. The average Bonchev–Trinajstić information content (AvgIpc) is 2.74. The third-order valence-electron chi connectivity index (χ3n) is 3.94. The highest BCUT2D eigenvalue weighted by Crippen LogP contribution is 2.16. The van der Waals surface area contributed by atoms with E-state index < -0.39 is 14.9 Å². The van der Waals surface area contributed by atoms with Gasteiger partial charge in [-0.05, 0) is 59.7 Å². The van der Waals surface area contributed by atoms with E-state index in [4.69, 9.17) is 4.74 Å². The van der Waals surface area contributed by atoms with Gasteiger partial charge < -0.3 is 4.74 Å². The number of sulfonamides is 1. The van der Waals surface area contributed by atoms with Crippen LogP contribution in [-0.2, 0) is 16.6 Å². The van der Waals surface area contributed by atoms with E-state index in [0.717, 1.165) is 29.8 Å². The van der Waals surface area contributed by atoms with Crippen LogP contribution in [0.25, 0.3) is 0 Å². The van der Waals surface area contributed by atoms with Crippen LogP contribution in [0.3, 0.4) is 0 Å². The Balaban J connectivity index is 1.56. The number of non-ortho nitro benzene ring substituents is 1. The van der Waals surface area contributed by atoms with Gasteiger partial charge in [0.1, 0.15) is 18.2 Å². The molecule has 3 rings (SSSR count). The molecule has 0 atom stereocenters. The Hall–Kier alpha value is -3.79. The molecule has 0 heterocycles. The first-order valence-corrected chi connectivity index (χ1v) is 10.1. The van der Waals surface area contributed by atoms with Gasteiger partial charge >= 0.3 is 0 Å². The van der Waals surface area contributed by atoms with Crippen LogP contribution in [0, 0.1) is 15.9 Å². The molecule has 3 aromatic carbocycles. The molecule has 0 aromatic heterocycles. The van der Waals surface area contributed by atoms with E-state index in [1.54, 1.807) is 36.4 Å². The monoisotopic (exact) mass is 429 g/mol. The topological polar surface area (TPSA) is 111 Å². The number of nitrogens with zero attached hydrogens (tertiary/aromatic N) is 2. The Bertz CT molecular complexity index is 1150. The maximum Gasteiger partial charge on any atom is 0.276 e. The summed E-state index contributed by atoms with van der Waals surface area (Å²) in [6, 6.07) is 17.2. The van der Waals surface area contributed by atoms with Crippen LogP contribution in [0.2, 0.25) is 0 Å². The summed E-state index contributed by atoms with van der Waals surface area (Å²) >= 11 is 0. The lowest BCUT2D eigenvalue weighted by Crippen LogP contribution is -2.18. The molecular formula is C20H16FN3O5S. The lowest BCUT2D eigenvalue weighted by Gasteiger charge is -2.06. The normalized spacial score (nSPS) is 11.4. The Labute approximate surface area is 171 Å². The van der Waals surface area contributed by atoms with Gasteiger partial charge in [0, 0.05) is 12.1 Å². The molecule has 0 fully saturated rings. The standard InChI is InChI=1S/C20H16FN3O5S/c21-17-5-1-16(2-6-17)14-29-19-9-3-15(4-10-19)13-22-23-30(27,28)20-11-7-18(8-12-20)24(25)26/h1-13,23H,14H2/b22-13+. The minimum atomic E-state index is -3.95. The van der Waals surface area contributed by atoms with Crippen molar-refractivity contribution >= 4 is 21.9 Å². The summed E-state index contributed by atoms with van der Waals surface area (Å²) in [6.07, 6.45) is 1.31. The fourth-order valence-electron chi connectivity index (χ4n) is 2.37. The zero-order chi connectivity index (χ0) is 21.6. The zero-order valence-electron chi connectivity index (χ0n) is 15.4. The van der Waals surface area contributed by atoms with Gasteiger partial charge in [-0.1, -0.05) is 12.1 Å². The van der Waals surface area contributed by atoms with Crippen LogP contribution >= 0.6 is 0 Å². The second-order valence-corrected chi connectivity index (χ2v) is 7.75. The van der Waals surface area contributed by atoms with E-state index >= 15 is 0 Å². The number of hydrogen-bond acceptors (Lipinski definition) is 6. The molecule has 0 radical (unpaired) electrons. The lowest BCUT2D eigenvalue weighted by atomic mass is 10.2. The summed E-state index contributed by atoms with van der Waals surface area (Å²) in [7, 11) is -3.95. The van der Waals surface area contributed by atoms with Crippen molar-refractivity contribution in [1.82, 2.24) is 4.83 Å². The lowest BCUT2D eigenvalue weighted by molar-refractivity contribution is -0.384. The number of hydrogen-bond donors (Lipinski definition) is 1. The van der Waals surface area contributed by atoms with E-state index in [0.29, 0.717) is 11.3 Å². The molecular weight excluding hydrogens is 413 g/mol. The van der Waals surface area contributed by atoms with Gasteiger partial charge in [0.15, 0.2) is 0 Å². The Morgan fingerprint density at radius 2 is 1.63 bits per heavy atom. The first kappa shape index (κ1) is 20.9. The predicted molar refractivity (Wildman–Crippen MR) is 108 cm³/mol. The van der Waals surface area contributed by atoms with Crippen LogP contribution in [0.5, 0.6) is 5.75 Å². The molecule has 8 nitrogen and oxygen atoms in total. The largest absolute Gasteiger partial charge is 0.489 e. The van der Waals surface area contributed by atoms with Crippen molar-refractivity contribution in [3.8, 4) is 5.75 Å². The third-order valence-corrected chi connectivity index (χ3v) is 5.18. The molecule has 154 valence electrons. The zero-order valence-corrected chi connectivity index (χ0v) is 16.3. The number of ether oxygens (including phenoxy) is 1. The van der Waals surface area contributed by atoms with Crippen molar-refractivity contribution in [3.05, 3.63) is 99.9 Å². The molecule has 30 heavy (non-hydrogen) atoms. The summed E-state index contributed by atoms with van der Waals surface area (Å²) in [5.41, 5.74) is 1.23. The van der Waals surface area contributed by atoms with Gasteiger partial charge in [-0.25, -0.2) is 9.22 Å². The molecule has 0 aliphatic rings. The molecule has 10 heteroatoms. The Kier molecular flexibility index (Phi) is 6.38. The van der Waals surface area contributed by atoms with Crippen LogP contribution in [0.4, 0.5) is 10.1 Å². The molecule has 0 saturated carbocycles. The van der Waals surface area contributed by atoms with Crippen LogP contribution in [-0.4, -0.2) is 19.6 Å². The minimum absolute atomic E-state index is 0.144. The van der Waals surface area contributed by atoms with Crippen molar-refractivity contribution in [3.63, 3.8) is 0 Å². The van der Waals surface area contributed by atoms with Crippen molar-refractivity contribution < 1.29 is 22.5 Å². The molecule has 0 bridgehead atoms. The quantitative estimate of drug-likeness (QED) is 0.334. The first-order valence-electron chi connectivity index (χ1n) is 8.60. The molecule has 0 amide bonds. The highest BCUT2D eigenvalue weighted by Gasteiger charge is 2.14. The van der Waals surface area contributed by atoms with E-state index in [2.05, 4.69) is 5.10 Å². The summed E-state index contributed by atoms with van der Waals surface area (Å²) < 4.78 is 42.8. The van der Waals surface area contributed by atoms with E-state index in [1.165, 1.54) is 18.3 Å². The van der Waals surface area contributed by atoms with Gasteiger partial charge in [-0.15, -0.1) is 0 Å². The number of hydrazone groups is 1. The molecule has 0 saturated heterocycles. The average molecular weight is 429 g/mol. The predicted octanol–water partition coefficient (Wildman–Crippen LogP) is 3.63. The fraction of sp³-hybridized carbons (Fsp3) is 0.0500. The van der Waals surface area contributed by atoms with Crippen LogP contribution in [0.15, 0.2) is 82.8 Å². The number of benzene rings is 3. The van der Waals surface area contributed by atoms with E-state index in [-0.39, 0.29) is 23.0 Å². The van der Waals surface area contributed by atoms with Crippen molar-refractivity contribution in [1.29, 1.82) is 0 Å². The molecule has 0 unspecified atom stereocenters. The van der Waals surface area contributed by atoms with E-state index in [9.17, 15) is 22.9 Å². The summed E-state index contributed by atoms with van der Waals surface area (Å²) in [5, 5.41) is 14.3. The second kappa shape index (κ2) is 9.14. The highest BCUT2D eigenvalue weighted by molar-refractivity contribution is 7.89. The maximum atomic E-state index is 12.9. The molecule has 0 spiro atoms. The number of halogens is 1. The van der Waals surface area contributed by atoms with Crippen molar-refractivity contribution in [2.24, 2.45) is 5.10 Å². The van der Waals surface area contributed by atoms with Crippen LogP contribution < -0.4 is 9.57 Å². The second-order valence-electron chi connectivity index (χ2n) is 6.09. The summed E-state index contributed by atoms with van der Waals surface area (Å²) in [5.74, 6) is 0.273. The minimum Gasteiger partial charge on any atom is -0.489 e. The molecule has 3 aromatic rings. The Morgan fingerprint density at radius 1 is 1.00 bits per heavy atom. The van der Waals surface area contributed by atoms with Gasteiger partial charge in [0.2, 0.25) is 0 Å². The third kappa shape index (κ3) is 5.61. The molecule has 1 N–H and O–H groups in total. The van der Waals surface area contributed by atoms with Gasteiger partial charge in [-0.2, -0.15) is 13.5 Å². The van der Waals surface area contributed by atoms with Gasteiger partial charge in [-0.3, -0.25) is 10.1 Å². The number of nitro benzene ring substituents is 1. The number of rotatable bonds is 8. The molecule has 0 aliphatic heterocycles. The van der Waals surface area contributed by atoms with Gasteiger partial charge in [0.05, 0.1) is 16.0 Å². The maximum absolute atomic E-state index is 12.9. The van der Waals surface area contributed by atoms with E-state index in [1.807, 2.05) is 4.83 Å².